The van der Waals surface area contributed by atoms with Crippen molar-refractivity contribution in [3.05, 3.63) is 70.4 Å². The van der Waals surface area contributed by atoms with E-state index in [1.54, 1.807) is 4.57 Å². The second-order valence-corrected chi connectivity index (χ2v) is 9.26. The highest BCUT2D eigenvalue weighted by Crippen LogP contribution is 2.36. The van der Waals surface area contributed by atoms with Gasteiger partial charge in [0.05, 0.1) is 5.60 Å². The summed E-state index contributed by atoms with van der Waals surface area (Å²) in [7, 11) is 0. The molecule has 3 aromatic rings. The fraction of sp³-hybridized carbons (Fsp3) is 0.400. The number of nitrogens with zero attached hydrogens (tertiary/aromatic N) is 4. The summed E-state index contributed by atoms with van der Waals surface area (Å²) >= 11 is 0. The lowest BCUT2D eigenvalue weighted by molar-refractivity contribution is -0.389. The Morgan fingerprint density at radius 3 is 2.37 bits per heavy atom. The predicted molar refractivity (Wildman–Crippen MR) is 128 cm³/mol. The number of ether oxygens (including phenoxy) is 3. The number of aromatic nitrogens is 2. The summed E-state index contributed by atoms with van der Waals surface area (Å²) in [4.78, 5) is 16.3. The number of hydrogen-bond donors (Lipinski definition) is 1. The van der Waals surface area contributed by atoms with Gasteiger partial charge in [-0.1, -0.05) is 12.1 Å². The minimum absolute atomic E-state index is 0.211. The number of nitro groups is 1. The number of fused-ring (bicyclic) bond motifs is 1. The number of aliphatic hydroxyl groups is 1. The van der Waals surface area contributed by atoms with Gasteiger partial charge in [0.2, 0.25) is 0 Å². The monoisotopic (exact) mass is 534 g/mol. The van der Waals surface area contributed by atoms with Crippen LogP contribution in [0.1, 0.15) is 24.8 Å². The van der Waals surface area contributed by atoms with E-state index in [0.29, 0.717) is 50.2 Å². The van der Waals surface area contributed by atoms with Crippen LogP contribution in [0.15, 0.2) is 54.7 Å². The molecule has 0 saturated carbocycles. The molecule has 0 unspecified atom stereocenters. The molecular formula is C25H25F3N4O6. The number of imidazole rings is 1. The first-order valence-electron chi connectivity index (χ1n) is 12.0. The van der Waals surface area contributed by atoms with E-state index in [1.807, 2.05) is 24.3 Å². The molecule has 1 aromatic heterocycles. The molecule has 5 rings (SSSR count). The van der Waals surface area contributed by atoms with E-state index < -0.39 is 16.9 Å². The molecular weight excluding hydrogens is 509 g/mol. The number of hydrogen-bond acceptors (Lipinski definition) is 8. The molecule has 2 aliphatic heterocycles. The van der Waals surface area contributed by atoms with Crippen molar-refractivity contribution in [1.29, 1.82) is 0 Å². The van der Waals surface area contributed by atoms with Gasteiger partial charge in [0.25, 0.3) is 0 Å². The molecule has 10 nitrogen and oxygen atoms in total. The van der Waals surface area contributed by atoms with Gasteiger partial charge in [-0.3, -0.25) is 4.57 Å². The Kier molecular flexibility index (Phi) is 6.78. The average Bonchev–Trinajstić information content (AvgIpc) is 3.32. The lowest BCUT2D eigenvalue weighted by Gasteiger charge is -2.39. The molecule has 0 aliphatic carbocycles. The van der Waals surface area contributed by atoms with Gasteiger partial charge >= 0.3 is 18.2 Å². The molecule has 2 aliphatic rings. The topological polar surface area (TPSA) is 112 Å². The summed E-state index contributed by atoms with van der Waals surface area (Å²) in [5.41, 5.74) is 0.375. The number of alkyl halides is 3. The van der Waals surface area contributed by atoms with Crippen molar-refractivity contribution >= 4 is 11.5 Å². The van der Waals surface area contributed by atoms with Crippen molar-refractivity contribution in [1.82, 2.24) is 9.55 Å². The summed E-state index contributed by atoms with van der Waals surface area (Å²) in [5.74, 6) is 0.0727. The maximum absolute atomic E-state index is 12.4. The molecule has 0 spiro atoms. The highest BCUT2D eigenvalue weighted by atomic mass is 19.4. The molecule has 3 heterocycles. The van der Waals surface area contributed by atoms with Crippen LogP contribution in [0.5, 0.6) is 17.5 Å². The van der Waals surface area contributed by atoms with E-state index in [4.69, 9.17) is 9.47 Å². The zero-order valence-electron chi connectivity index (χ0n) is 20.1. The van der Waals surface area contributed by atoms with E-state index >= 15 is 0 Å². The van der Waals surface area contributed by atoms with Crippen molar-refractivity contribution in [2.75, 3.05) is 24.6 Å². The number of piperidine rings is 1. The van der Waals surface area contributed by atoms with Crippen molar-refractivity contribution in [2.24, 2.45) is 0 Å². The Morgan fingerprint density at radius 1 is 1.08 bits per heavy atom. The number of anilines is 1. The van der Waals surface area contributed by atoms with Crippen LogP contribution in [0.25, 0.3) is 0 Å². The fourth-order valence-corrected chi connectivity index (χ4v) is 4.67. The van der Waals surface area contributed by atoms with Gasteiger partial charge < -0.3 is 34.3 Å². The van der Waals surface area contributed by atoms with Gasteiger partial charge in [-0.25, -0.2) is 0 Å². The Morgan fingerprint density at radius 2 is 1.74 bits per heavy atom. The van der Waals surface area contributed by atoms with Gasteiger partial charge in [-0.05, 0) is 59.7 Å². The third kappa shape index (κ3) is 5.77. The maximum Gasteiger partial charge on any atom is 0.573 e. The van der Waals surface area contributed by atoms with Crippen LogP contribution in [0.2, 0.25) is 0 Å². The summed E-state index contributed by atoms with van der Waals surface area (Å²) in [6, 6.07) is 13.1. The van der Waals surface area contributed by atoms with Crippen LogP contribution < -0.4 is 19.1 Å². The Bertz CT molecular complexity index is 1270. The highest BCUT2D eigenvalue weighted by Gasteiger charge is 2.35. The van der Waals surface area contributed by atoms with E-state index in [1.165, 1.54) is 30.5 Å². The third-order valence-corrected chi connectivity index (χ3v) is 6.73. The minimum atomic E-state index is -4.76. The maximum atomic E-state index is 12.4. The predicted octanol–water partition coefficient (Wildman–Crippen LogP) is 4.41. The summed E-state index contributed by atoms with van der Waals surface area (Å²) in [5, 5.41) is 22.0. The van der Waals surface area contributed by atoms with Crippen LogP contribution >= 0.6 is 0 Å². The first-order valence-corrected chi connectivity index (χ1v) is 12.0. The van der Waals surface area contributed by atoms with E-state index in [2.05, 4.69) is 14.6 Å². The molecule has 202 valence electrons. The number of aryl methyl sites for hydroxylation is 1. The summed E-state index contributed by atoms with van der Waals surface area (Å²) in [6.07, 6.45) is -2.22. The molecule has 1 saturated heterocycles. The normalized spacial score (nSPS) is 18.8. The van der Waals surface area contributed by atoms with Gasteiger partial charge in [0.15, 0.2) is 0 Å². The quantitative estimate of drug-likeness (QED) is 0.351. The van der Waals surface area contributed by atoms with Crippen molar-refractivity contribution in [3.63, 3.8) is 0 Å². The number of rotatable bonds is 7. The molecule has 1 N–H and O–H groups in total. The van der Waals surface area contributed by atoms with Crippen LogP contribution in [0, 0.1) is 10.1 Å². The molecule has 0 bridgehead atoms. The smallest absolute Gasteiger partial charge is 0.490 e. The highest BCUT2D eigenvalue weighted by molar-refractivity contribution is 5.50. The van der Waals surface area contributed by atoms with E-state index in [0.717, 1.165) is 5.69 Å². The van der Waals surface area contributed by atoms with Crippen molar-refractivity contribution in [2.45, 2.75) is 43.9 Å². The van der Waals surface area contributed by atoms with Gasteiger partial charge in [0.1, 0.15) is 30.4 Å². The van der Waals surface area contributed by atoms with Crippen molar-refractivity contribution in [3.8, 4) is 17.5 Å². The molecule has 0 amide bonds. The lowest BCUT2D eigenvalue weighted by Crippen LogP contribution is -2.42. The zero-order chi connectivity index (χ0) is 26.9. The average molecular weight is 534 g/mol. The van der Waals surface area contributed by atoms with Crippen LogP contribution in [-0.4, -0.2) is 51.7 Å². The van der Waals surface area contributed by atoms with Gasteiger partial charge in [-0.15, -0.1) is 13.2 Å². The Hall–Kier alpha value is -4.00. The Balaban J connectivity index is 1.12. The lowest BCUT2D eigenvalue weighted by atomic mass is 9.84. The zero-order valence-corrected chi connectivity index (χ0v) is 20.1. The van der Waals surface area contributed by atoms with Crippen LogP contribution in [-0.2, 0) is 12.1 Å². The Labute approximate surface area is 215 Å². The first kappa shape index (κ1) is 25.6. The van der Waals surface area contributed by atoms with Gasteiger partial charge in [0, 0.05) is 36.7 Å². The number of benzene rings is 2. The standard InChI is InChI=1S/C25H25F3N4O6/c26-25(27,28)38-20-5-1-17(2-6-20)24(33)10-13-30(14-11-24)18-3-7-19(8-4-18)36-16-21-9-12-31-15-22(32(34)35)29-23(31)37-21/h1-8,15,21,33H,9-14,16H2/t21-/m1/s1. The first-order chi connectivity index (χ1) is 18.1. The molecule has 1 atom stereocenters. The molecule has 13 heteroatoms. The summed E-state index contributed by atoms with van der Waals surface area (Å²) in [6.45, 7) is 1.94. The second-order valence-electron chi connectivity index (χ2n) is 9.26. The molecule has 2 aromatic carbocycles. The second kappa shape index (κ2) is 10.0. The SMILES string of the molecule is O=[N+]([O-])c1cn2c(n1)O[C@@H](COc1ccc(N3CCC(O)(c4ccc(OC(F)(F)F)cc4)CC3)cc1)CC2. The van der Waals surface area contributed by atoms with E-state index in [-0.39, 0.29) is 30.3 Å². The molecule has 0 radical (unpaired) electrons. The third-order valence-electron chi connectivity index (χ3n) is 6.73. The van der Waals surface area contributed by atoms with Crippen LogP contribution in [0.4, 0.5) is 24.7 Å². The summed E-state index contributed by atoms with van der Waals surface area (Å²) < 4.78 is 54.3. The molecule has 38 heavy (non-hydrogen) atoms. The largest absolute Gasteiger partial charge is 0.573 e. The number of halogens is 3. The minimum Gasteiger partial charge on any atom is -0.490 e. The van der Waals surface area contributed by atoms with Gasteiger partial charge in [-0.2, -0.15) is 0 Å². The van der Waals surface area contributed by atoms with Crippen LogP contribution in [0.3, 0.4) is 0 Å². The fourth-order valence-electron chi connectivity index (χ4n) is 4.67. The molecule has 1 fully saturated rings. The van der Waals surface area contributed by atoms with Crippen molar-refractivity contribution < 1.29 is 37.4 Å². The van der Waals surface area contributed by atoms with E-state index in [9.17, 15) is 28.4 Å².